The molecule has 0 atom stereocenters. The van der Waals surface area contributed by atoms with Crippen LogP contribution in [0.3, 0.4) is 0 Å². The second-order valence-corrected chi connectivity index (χ2v) is 6.59. The van der Waals surface area contributed by atoms with Crippen LogP contribution in [-0.2, 0) is 11.3 Å². The van der Waals surface area contributed by atoms with Crippen molar-refractivity contribution in [3.05, 3.63) is 30.1 Å². The van der Waals surface area contributed by atoms with Crippen molar-refractivity contribution in [3.63, 3.8) is 0 Å². The zero-order chi connectivity index (χ0) is 16.3. The van der Waals surface area contributed by atoms with E-state index in [-0.39, 0.29) is 37.8 Å². The number of aromatic nitrogens is 1. The molecule has 1 aromatic heterocycles. The fourth-order valence-electron chi connectivity index (χ4n) is 3.40. The molecule has 0 radical (unpaired) electrons. The Morgan fingerprint density at radius 3 is 2.52 bits per heavy atom. The van der Waals surface area contributed by atoms with E-state index >= 15 is 0 Å². The predicted molar refractivity (Wildman–Crippen MR) is 83.0 cm³/mol. The third-order valence-electron chi connectivity index (χ3n) is 4.87. The number of piperidine rings is 2. The van der Waals surface area contributed by atoms with Gasteiger partial charge in [-0.1, -0.05) is 6.07 Å². The van der Waals surface area contributed by atoms with E-state index in [9.17, 15) is 13.6 Å². The minimum absolute atomic E-state index is 0.00753. The molecule has 0 aliphatic carbocycles. The molecule has 0 bridgehead atoms. The molecule has 2 aliphatic heterocycles. The van der Waals surface area contributed by atoms with E-state index < -0.39 is 5.92 Å². The summed E-state index contributed by atoms with van der Waals surface area (Å²) in [5.41, 5.74) is 1.18. The van der Waals surface area contributed by atoms with Gasteiger partial charge in [-0.15, -0.1) is 0 Å². The average Bonchev–Trinajstić information content (AvgIpc) is 2.56. The molecule has 3 heterocycles. The van der Waals surface area contributed by atoms with Crippen molar-refractivity contribution in [2.75, 3.05) is 26.2 Å². The van der Waals surface area contributed by atoms with E-state index in [0.29, 0.717) is 0 Å². The standard InChI is InChI=1S/C17H23F2N3O/c18-17(19)5-10-22(11-6-17)16(23)15-3-8-21(9-4-15)13-14-2-1-7-20-12-14/h1-2,7,12,15H,3-6,8-11,13H2. The molecular formula is C17H23F2N3O. The molecule has 2 fully saturated rings. The molecule has 0 spiro atoms. The monoisotopic (exact) mass is 323 g/mol. The summed E-state index contributed by atoms with van der Waals surface area (Å²) < 4.78 is 26.4. The lowest BCUT2D eigenvalue weighted by molar-refractivity contribution is -0.143. The number of halogens is 2. The summed E-state index contributed by atoms with van der Waals surface area (Å²) in [5, 5.41) is 0. The minimum atomic E-state index is -2.59. The van der Waals surface area contributed by atoms with Crippen LogP contribution in [0.5, 0.6) is 0 Å². The number of alkyl halides is 2. The Balaban J connectivity index is 1.46. The Kier molecular flexibility index (Phi) is 4.90. The maximum atomic E-state index is 13.2. The normalized spacial score (nSPS) is 23.0. The highest BCUT2D eigenvalue weighted by Gasteiger charge is 2.37. The van der Waals surface area contributed by atoms with Crippen LogP contribution in [0.1, 0.15) is 31.2 Å². The highest BCUT2D eigenvalue weighted by Crippen LogP contribution is 2.29. The summed E-state index contributed by atoms with van der Waals surface area (Å²) in [6.07, 6.45) is 4.86. The Labute approximate surface area is 135 Å². The van der Waals surface area contributed by atoms with E-state index in [1.807, 2.05) is 12.3 Å². The largest absolute Gasteiger partial charge is 0.342 e. The molecule has 0 N–H and O–H groups in total. The third kappa shape index (κ3) is 4.25. The maximum Gasteiger partial charge on any atom is 0.251 e. The average molecular weight is 323 g/mol. The van der Waals surface area contributed by atoms with Crippen molar-refractivity contribution in [1.82, 2.24) is 14.8 Å². The van der Waals surface area contributed by atoms with Crippen LogP contribution in [0.4, 0.5) is 8.78 Å². The molecule has 126 valence electrons. The quantitative estimate of drug-likeness (QED) is 0.858. The lowest BCUT2D eigenvalue weighted by Gasteiger charge is -2.37. The number of rotatable bonds is 3. The number of hydrogen-bond acceptors (Lipinski definition) is 3. The van der Waals surface area contributed by atoms with E-state index in [0.717, 1.165) is 32.5 Å². The van der Waals surface area contributed by atoms with Gasteiger partial charge in [-0.3, -0.25) is 14.7 Å². The van der Waals surface area contributed by atoms with Gasteiger partial charge in [0.15, 0.2) is 0 Å². The van der Waals surface area contributed by atoms with E-state index in [4.69, 9.17) is 0 Å². The van der Waals surface area contributed by atoms with Gasteiger partial charge in [-0.05, 0) is 37.6 Å². The van der Waals surface area contributed by atoms with Gasteiger partial charge in [-0.2, -0.15) is 0 Å². The second-order valence-electron chi connectivity index (χ2n) is 6.59. The van der Waals surface area contributed by atoms with Gasteiger partial charge in [0, 0.05) is 50.8 Å². The summed E-state index contributed by atoms with van der Waals surface area (Å²) in [5.74, 6) is -2.53. The lowest BCUT2D eigenvalue weighted by atomic mass is 9.93. The molecular weight excluding hydrogens is 300 g/mol. The third-order valence-corrected chi connectivity index (χ3v) is 4.87. The summed E-state index contributed by atoms with van der Waals surface area (Å²) in [6, 6.07) is 3.98. The first-order valence-electron chi connectivity index (χ1n) is 8.31. The topological polar surface area (TPSA) is 36.4 Å². The molecule has 0 saturated carbocycles. The first kappa shape index (κ1) is 16.3. The summed E-state index contributed by atoms with van der Waals surface area (Å²) in [4.78, 5) is 20.6. The highest BCUT2D eigenvalue weighted by molar-refractivity contribution is 5.79. The lowest BCUT2D eigenvalue weighted by Crippen LogP contribution is -2.47. The van der Waals surface area contributed by atoms with Crippen molar-refractivity contribution in [3.8, 4) is 0 Å². The van der Waals surface area contributed by atoms with Crippen LogP contribution in [-0.4, -0.2) is 52.8 Å². The molecule has 3 rings (SSSR count). The summed E-state index contributed by atoms with van der Waals surface area (Å²) >= 11 is 0. The first-order chi connectivity index (χ1) is 11.0. The fourth-order valence-corrected chi connectivity index (χ4v) is 3.40. The predicted octanol–water partition coefficient (Wildman–Crippen LogP) is 2.55. The second kappa shape index (κ2) is 6.91. The molecule has 4 nitrogen and oxygen atoms in total. The van der Waals surface area contributed by atoms with E-state index in [2.05, 4.69) is 16.0 Å². The van der Waals surface area contributed by atoms with Crippen molar-refractivity contribution in [2.45, 2.75) is 38.2 Å². The van der Waals surface area contributed by atoms with Crippen LogP contribution in [0.15, 0.2) is 24.5 Å². The van der Waals surface area contributed by atoms with Crippen LogP contribution >= 0.6 is 0 Å². The van der Waals surface area contributed by atoms with Gasteiger partial charge in [-0.25, -0.2) is 8.78 Å². The SMILES string of the molecule is O=C(C1CCN(Cc2cccnc2)CC1)N1CCC(F)(F)CC1. The number of nitrogens with zero attached hydrogens (tertiary/aromatic N) is 3. The van der Waals surface area contributed by atoms with Crippen molar-refractivity contribution in [1.29, 1.82) is 0 Å². The van der Waals surface area contributed by atoms with Gasteiger partial charge in [0.25, 0.3) is 5.92 Å². The number of pyridine rings is 1. The molecule has 0 unspecified atom stereocenters. The van der Waals surface area contributed by atoms with E-state index in [1.165, 1.54) is 5.56 Å². The Morgan fingerprint density at radius 1 is 1.22 bits per heavy atom. The Bertz CT molecular complexity index is 520. The van der Waals surface area contributed by atoms with Crippen molar-refractivity contribution < 1.29 is 13.6 Å². The van der Waals surface area contributed by atoms with Gasteiger partial charge in [0.1, 0.15) is 0 Å². The van der Waals surface area contributed by atoms with Crippen LogP contribution in [0.2, 0.25) is 0 Å². The van der Waals surface area contributed by atoms with E-state index in [1.54, 1.807) is 11.1 Å². The molecule has 1 aromatic rings. The number of hydrogen-bond donors (Lipinski definition) is 0. The minimum Gasteiger partial charge on any atom is -0.342 e. The summed E-state index contributed by atoms with van der Waals surface area (Å²) in [7, 11) is 0. The smallest absolute Gasteiger partial charge is 0.251 e. The number of carbonyl (C=O) groups excluding carboxylic acids is 1. The van der Waals surface area contributed by atoms with Gasteiger partial charge >= 0.3 is 0 Å². The summed E-state index contributed by atoms with van der Waals surface area (Å²) in [6.45, 7) is 2.98. The molecule has 23 heavy (non-hydrogen) atoms. The zero-order valence-electron chi connectivity index (χ0n) is 13.3. The van der Waals surface area contributed by atoms with Gasteiger partial charge in [0.05, 0.1) is 0 Å². The highest BCUT2D eigenvalue weighted by atomic mass is 19.3. The van der Waals surface area contributed by atoms with Gasteiger partial charge < -0.3 is 4.90 Å². The van der Waals surface area contributed by atoms with Crippen molar-refractivity contribution in [2.24, 2.45) is 5.92 Å². The van der Waals surface area contributed by atoms with Gasteiger partial charge in [0.2, 0.25) is 5.91 Å². The molecule has 0 aromatic carbocycles. The number of likely N-dealkylation sites (tertiary alicyclic amines) is 2. The fraction of sp³-hybridized carbons (Fsp3) is 0.647. The van der Waals surface area contributed by atoms with Crippen LogP contribution in [0.25, 0.3) is 0 Å². The van der Waals surface area contributed by atoms with Crippen molar-refractivity contribution >= 4 is 5.91 Å². The Morgan fingerprint density at radius 2 is 1.91 bits per heavy atom. The Hall–Kier alpha value is -1.56. The molecule has 2 aliphatic rings. The molecule has 1 amide bonds. The molecule has 6 heteroatoms. The van der Waals surface area contributed by atoms with Crippen LogP contribution in [0, 0.1) is 5.92 Å². The number of carbonyl (C=O) groups is 1. The first-order valence-corrected chi connectivity index (χ1v) is 8.31. The number of amides is 1. The van der Waals surface area contributed by atoms with Crippen LogP contribution < -0.4 is 0 Å². The molecule has 2 saturated heterocycles. The maximum absolute atomic E-state index is 13.2. The zero-order valence-corrected chi connectivity index (χ0v) is 13.3.